The number of benzene rings is 3. The predicted molar refractivity (Wildman–Crippen MR) is 140 cm³/mol. The normalized spacial score (nSPS) is 14.9. The van der Waals surface area contributed by atoms with Crippen molar-refractivity contribution in [1.29, 1.82) is 0 Å². The summed E-state index contributed by atoms with van der Waals surface area (Å²) in [4.78, 5) is 42.1. The number of hydrogen-bond donors (Lipinski definition) is 2. The number of hydrogen-bond acceptors (Lipinski definition) is 4. The number of anilines is 2. The number of aliphatic carboxylic acids is 1. The molecule has 1 atom stereocenters. The van der Waals surface area contributed by atoms with Gasteiger partial charge in [0, 0.05) is 36.2 Å². The van der Waals surface area contributed by atoms with Crippen LogP contribution in [0.1, 0.15) is 36.0 Å². The average Bonchev–Trinajstić information content (AvgIpc) is 3.16. The first-order valence-corrected chi connectivity index (χ1v) is 11.9. The van der Waals surface area contributed by atoms with Gasteiger partial charge in [0.2, 0.25) is 11.8 Å². The Morgan fingerprint density at radius 2 is 1.74 bits per heavy atom. The van der Waals surface area contributed by atoms with Gasteiger partial charge in [-0.05, 0) is 59.5 Å². The maximum absolute atomic E-state index is 13.1. The number of aliphatic imine (C=N–C) groups is 1. The van der Waals surface area contributed by atoms with Crippen LogP contribution in [0.25, 0.3) is 0 Å². The topological polar surface area (TPSA) is 99.1 Å². The number of aryl methyl sites for hydroxylation is 1. The maximum atomic E-state index is 13.1. The number of fused-ring (bicyclic) bond motifs is 1. The fourth-order valence-corrected chi connectivity index (χ4v) is 4.33. The molecule has 2 amide bonds. The summed E-state index contributed by atoms with van der Waals surface area (Å²) in [5.74, 6) is -1.70. The summed E-state index contributed by atoms with van der Waals surface area (Å²) in [6.45, 7) is 1.50. The second kappa shape index (κ2) is 10.2. The number of amides is 2. The number of nitrogens with one attached hydrogen (secondary N) is 1. The van der Waals surface area contributed by atoms with Gasteiger partial charge in [0.05, 0.1) is 11.4 Å². The van der Waals surface area contributed by atoms with Crippen LogP contribution in [0.15, 0.2) is 76.2 Å². The van der Waals surface area contributed by atoms with Crippen LogP contribution in [0.5, 0.6) is 0 Å². The van der Waals surface area contributed by atoms with Gasteiger partial charge in [-0.3, -0.25) is 19.4 Å². The van der Waals surface area contributed by atoms with Gasteiger partial charge in [0.15, 0.2) is 0 Å². The van der Waals surface area contributed by atoms with E-state index in [0.29, 0.717) is 17.8 Å². The first-order valence-electron chi connectivity index (χ1n) is 11.1. The molecular weight excluding hydrogens is 510 g/mol. The Kier molecular flexibility index (Phi) is 7.12. The minimum atomic E-state index is -0.847. The third-order valence-electron chi connectivity index (χ3n) is 5.96. The van der Waals surface area contributed by atoms with E-state index in [-0.39, 0.29) is 18.2 Å². The minimum Gasteiger partial charge on any atom is -0.481 e. The van der Waals surface area contributed by atoms with Gasteiger partial charge in [0.1, 0.15) is 5.92 Å². The van der Waals surface area contributed by atoms with E-state index in [1.54, 1.807) is 11.9 Å². The lowest BCUT2D eigenvalue weighted by Gasteiger charge is -2.16. The molecule has 8 heteroatoms. The zero-order chi connectivity index (χ0) is 25.1. The largest absolute Gasteiger partial charge is 0.481 e. The van der Waals surface area contributed by atoms with Crippen LogP contribution in [-0.2, 0) is 20.8 Å². The molecule has 3 aromatic carbocycles. The highest BCUT2D eigenvalue weighted by Crippen LogP contribution is 2.38. The standard InChI is InChI=1S/C27H24BrN3O4/c1-16(32)31(2)21-11-9-20(10-12-21)29-26(18-6-3-17(4-7-18)5-14-24(33)34)25-22-13-8-19(28)15-23(22)30-27(25)35/h3-4,6-13,15,25H,5,14H2,1-2H3,(H,30,35)(H,33,34). The fourth-order valence-electron chi connectivity index (χ4n) is 3.97. The van der Waals surface area contributed by atoms with Crippen LogP contribution in [0.3, 0.4) is 0 Å². The molecule has 0 aliphatic carbocycles. The van der Waals surface area contributed by atoms with Crippen LogP contribution in [0.4, 0.5) is 17.1 Å². The van der Waals surface area contributed by atoms with Gasteiger partial charge >= 0.3 is 5.97 Å². The molecule has 7 nitrogen and oxygen atoms in total. The molecule has 0 fully saturated rings. The summed E-state index contributed by atoms with van der Waals surface area (Å²) in [7, 11) is 1.70. The van der Waals surface area contributed by atoms with Gasteiger partial charge in [-0.1, -0.05) is 46.3 Å². The van der Waals surface area contributed by atoms with Crippen LogP contribution in [0.2, 0.25) is 0 Å². The monoisotopic (exact) mass is 533 g/mol. The van der Waals surface area contributed by atoms with Crippen LogP contribution in [-0.4, -0.2) is 35.6 Å². The molecule has 178 valence electrons. The molecule has 35 heavy (non-hydrogen) atoms. The van der Waals surface area contributed by atoms with Crippen molar-refractivity contribution in [3.8, 4) is 0 Å². The lowest BCUT2D eigenvalue weighted by molar-refractivity contribution is -0.137. The minimum absolute atomic E-state index is 0.0502. The van der Waals surface area contributed by atoms with E-state index in [1.165, 1.54) is 6.92 Å². The Hall–Kier alpha value is -3.78. The number of nitrogens with zero attached hydrogens (tertiary/aromatic N) is 2. The van der Waals surface area contributed by atoms with E-state index >= 15 is 0 Å². The van der Waals surface area contributed by atoms with Crippen molar-refractivity contribution < 1.29 is 19.5 Å². The summed E-state index contributed by atoms with van der Waals surface area (Å²) in [6.07, 6.45) is 0.475. The first-order chi connectivity index (χ1) is 16.7. The van der Waals surface area contributed by atoms with Crippen molar-refractivity contribution in [3.05, 3.63) is 87.9 Å². The zero-order valence-corrected chi connectivity index (χ0v) is 20.9. The van der Waals surface area contributed by atoms with Crippen molar-refractivity contribution in [2.45, 2.75) is 25.7 Å². The third kappa shape index (κ3) is 5.49. The first kappa shape index (κ1) is 24.3. The Labute approximate surface area is 211 Å². The fraction of sp³-hybridized carbons (Fsp3) is 0.185. The van der Waals surface area contributed by atoms with Gasteiger partial charge < -0.3 is 15.3 Å². The molecule has 1 unspecified atom stereocenters. The quantitative estimate of drug-likeness (QED) is 0.402. The highest BCUT2D eigenvalue weighted by Gasteiger charge is 2.35. The van der Waals surface area contributed by atoms with Gasteiger partial charge in [-0.25, -0.2) is 0 Å². The van der Waals surface area contributed by atoms with Crippen molar-refractivity contribution in [3.63, 3.8) is 0 Å². The molecule has 0 spiro atoms. The Morgan fingerprint density at radius 1 is 1.06 bits per heavy atom. The SMILES string of the molecule is CC(=O)N(C)c1ccc(N=C(c2ccc(CCC(=O)O)cc2)C2C(=O)Nc3cc(Br)ccc32)cc1. The Morgan fingerprint density at radius 3 is 2.37 bits per heavy atom. The number of halogens is 1. The van der Waals surface area contributed by atoms with Crippen molar-refractivity contribution in [2.24, 2.45) is 4.99 Å². The zero-order valence-electron chi connectivity index (χ0n) is 19.3. The van der Waals surface area contributed by atoms with Crippen LogP contribution in [0, 0.1) is 0 Å². The number of carbonyl (C=O) groups is 3. The van der Waals surface area contributed by atoms with Crippen molar-refractivity contribution in [1.82, 2.24) is 0 Å². The van der Waals surface area contributed by atoms with E-state index < -0.39 is 11.9 Å². The summed E-state index contributed by atoms with van der Waals surface area (Å²) in [5.41, 5.74) is 5.21. The predicted octanol–water partition coefficient (Wildman–Crippen LogP) is 5.31. The molecule has 1 heterocycles. The van der Waals surface area contributed by atoms with E-state index in [1.807, 2.05) is 66.7 Å². The summed E-state index contributed by atoms with van der Waals surface area (Å²) < 4.78 is 0.864. The molecule has 0 bridgehead atoms. The molecule has 1 aliphatic heterocycles. The number of carboxylic acid groups (broad SMARTS) is 1. The van der Waals surface area contributed by atoms with Crippen LogP contribution < -0.4 is 10.2 Å². The molecule has 0 radical (unpaired) electrons. The lowest BCUT2D eigenvalue weighted by atomic mass is 9.90. The third-order valence-corrected chi connectivity index (χ3v) is 6.45. The van der Waals surface area contributed by atoms with Crippen molar-refractivity contribution >= 4 is 56.5 Å². The molecular formula is C27H24BrN3O4. The van der Waals surface area contributed by atoms with Gasteiger partial charge in [-0.15, -0.1) is 0 Å². The molecule has 3 aromatic rings. The van der Waals surface area contributed by atoms with E-state index in [4.69, 9.17) is 10.1 Å². The van der Waals surface area contributed by atoms with Gasteiger partial charge in [0.25, 0.3) is 0 Å². The number of rotatable bonds is 7. The Balaban J connectivity index is 1.75. The lowest BCUT2D eigenvalue weighted by Crippen LogP contribution is -2.22. The van der Waals surface area contributed by atoms with Crippen molar-refractivity contribution in [2.75, 3.05) is 17.3 Å². The molecule has 2 N–H and O–H groups in total. The van der Waals surface area contributed by atoms with E-state index in [9.17, 15) is 14.4 Å². The molecule has 4 rings (SSSR count). The second-order valence-corrected chi connectivity index (χ2v) is 9.25. The molecule has 0 aromatic heterocycles. The van der Waals surface area contributed by atoms with E-state index in [0.717, 1.165) is 32.5 Å². The summed E-state index contributed by atoms with van der Waals surface area (Å²) in [6, 6.07) is 20.4. The summed E-state index contributed by atoms with van der Waals surface area (Å²) >= 11 is 3.45. The highest BCUT2D eigenvalue weighted by molar-refractivity contribution is 9.10. The average molecular weight is 534 g/mol. The molecule has 1 aliphatic rings. The smallest absolute Gasteiger partial charge is 0.303 e. The number of carboxylic acids is 1. The molecule has 0 saturated carbocycles. The van der Waals surface area contributed by atoms with E-state index in [2.05, 4.69) is 21.2 Å². The Bertz CT molecular complexity index is 1320. The second-order valence-electron chi connectivity index (χ2n) is 8.34. The number of carbonyl (C=O) groups excluding carboxylic acids is 2. The summed E-state index contributed by atoms with van der Waals surface area (Å²) in [5, 5.41) is 11.9. The highest BCUT2D eigenvalue weighted by atomic mass is 79.9. The molecule has 0 saturated heterocycles. The van der Waals surface area contributed by atoms with Gasteiger partial charge in [-0.2, -0.15) is 0 Å². The van der Waals surface area contributed by atoms with Crippen LogP contribution >= 0.6 is 15.9 Å². The maximum Gasteiger partial charge on any atom is 0.303 e.